The number of carbonyl (C=O) groups is 1. The van der Waals surface area contributed by atoms with Crippen molar-refractivity contribution in [2.45, 2.75) is 70.4 Å². The summed E-state index contributed by atoms with van der Waals surface area (Å²) in [5.41, 5.74) is 5.54. The van der Waals surface area contributed by atoms with Crippen molar-refractivity contribution in [3.8, 4) is 0 Å². The van der Waals surface area contributed by atoms with Crippen LogP contribution in [0.2, 0.25) is 0 Å². The van der Waals surface area contributed by atoms with E-state index in [0.717, 1.165) is 25.2 Å². The summed E-state index contributed by atoms with van der Waals surface area (Å²) in [6.07, 6.45) is 7.79. The Balaban J connectivity index is 1.90. The molecule has 1 heterocycles. The standard InChI is InChI=1S/C16H30N2O2/c1-3-13-6-5-10-18(11-8-13)14-7-9-16(17,12-14)15(19)20-4-2/h13-14H,3-12,17H2,1-2H3. The van der Waals surface area contributed by atoms with Gasteiger partial charge in [-0.2, -0.15) is 0 Å². The topological polar surface area (TPSA) is 55.6 Å². The van der Waals surface area contributed by atoms with E-state index >= 15 is 0 Å². The molecule has 3 atom stereocenters. The van der Waals surface area contributed by atoms with Crippen LogP contribution in [-0.4, -0.2) is 42.1 Å². The Morgan fingerprint density at radius 2 is 2.10 bits per heavy atom. The summed E-state index contributed by atoms with van der Waals surface area (Å²) in [5.74, 6) is 0.679. The summed E-state index contributed by atoms with van der Waals surface area (Å²) in [6, 6.07) is 0.472. The summed E-state index contributed by atoms with van der Waals surface area (Å²) in [7, 11) is 0. The smallest absolute Gasteiger partial charge is 0.326 e. The molecular formula is C16H30N2O2. The molecule has 2 aliphatic rings. The van der Waals surface area contributed by atoms with Crippen LogP contribution in [0, 0.1) is 5.92 Å². The molecule has 0 spiro atoms. The van der Waals surface area contributed by atoms with Gasteiger partial charge in [-0.15, -0.1) is 0 Å². The third kappa shape index (κ3) is 3.53. The maximum atomic E-state index is 12.0. The van der Waals surface area contributed by atoms with Gasteiger partial charge in [-0.05, 0) is 64.5 Å². The van der Waals surface area contributed by atoms with Gasteiger partial charge in [-0.25, -0.2) is 0 Å². The van der Waals surface area contributed by atoms with Crippen molar-refractivity contribution in [1.82, 2.24) is 4.90 Å². The summed E-state index contributed by atoms with van der Waals surface area (Å²) in [4.78, 5) is 14.6. The Kier molecular flexibility index (Phi) is 5.44. The van der Waals surface area contributed by atoms with Gasteiger partial charge in [0.15, 0.2) is 0 Å². The van der Waals surface area contributed by atoms with Crippen molar-refractivity contribution < 1.29 is 9.53 Å². The summed E-state index contributed by atoms with van der Waals surface area (Å²) >= 11 is 0. The normalized spacial score (nSPS) is 35.8. The number of likely N-dealkylation sites (tertiary alicyclic amines) is 1. The highest BCUT2D eigenvalue weighted by molar-refractivity contribution is 5.81. The molecule has 1 aliphatic heterocycles. The van der Waals surface area contributed by atoms with Crippen molar-refractivity contribution in [2.24, 2.45) is 11.7 Å². The van der Waals surface area contributed by atoms with Crippen molar-refractivity contribution >= 4 is 5.97 Å². The van der Waals surface area contributed by atoms with E-state index in [9.17, 15) is 4.79 Å². The third-order valence-electron chi connectivity index (χ3n) is 5.18. The first-order valence-electron chi connectivity index (χ1n) is 8.29. The zero-order valence-corrected chi connectivity index (χ0v) is 13.1. The van der Waals surface area contributed by atoms with E-state index in [0.29, 0.717) is 12.6 Å². The lowest BCUT2D eigenvalue weighted by molar-refractivity contribution is -0.149. The van der Waals surface area contributed by atoms with E-state index < -0.39 is 5.54 Å². The number of hydrogen-bond donors (Lipinski definition) is 1. The third-order valence-corrected chi connectivity index (χ3v) is 5.18. The molecule has 1 saturated heterocycles. The number of ether oxygens (including phenoxy) is 1. The molecule has 4 heteroatoms. The fraction of sp³-hybridized carbons (Fsp3) is 0.938. The second-order valence-corrected chi connectivity index (χ2v) is 6.51. The van der Waals surface area contributed by atoms with Gasteiger partial charge >= 0.3 is 5.97 Å². The minimum atomic E-state index is -0.739. The van der Waals surface area contributed by atoms with Crippen LogP contribution in [0.5, 0.6) is 0 Å². The second-order valence-electron chi connectivity index (χ2n) is 6.51. The van der Waals surface area contributed by atoms with E-state index in [4.69, 9.17) is 10.5 Å². The number of nitrogens with zero attached hydrogens (tertiary/aromatic N) is 1. The minimum absolute atomic E-state index is 0.205. The summed E-state index contributed by atoms with van der Waals surface area (Å²) < 4.78 is 5.14. The van der Waals surface area contributed by atoms with Gasteiger partial charge in [0, 0.05) is 6.04 Å². The molecule has 0 aromatic rings. The molecule has 20 heavy (non-hydrogen) atoms. The van der Waals surface area contributed by atoms with Crippen LogP contribution in [0.15, 0.2) is 0 Å². The lowest BCUT2D eigenvalue weighted by atomic mass is 9.98. The number of hydrogen-bond acceptors (Lipinski definition) is 4. The zero-order chi connectivity index (χ0) is 14.6. The van der Waals surface area contributed by atoms with Crippen LogP contribution in [0.25, 0.3) is 0 Å². The lowest BCUT2D eigenvalue weighted by Crippen LogP contribution is -2.48. The van der Waals surface area contributed by atoms with E-state index in [1.54, 1.807) is 0 Å². The minimum Gasteiger partial charge on any atom is -0.465 e. The Labute approximate surface area is 123 Å². The molecule has 0 amide bonds. The Hall–Kier alpha value is -0.610. The van der Waals surface area contributed by atoms with Crippen LogP contribution in [0.1, 0.15) is 58.8 Å². The monoisotopic (exact) mass is 282 g/mol. The van der Waals surface area contributed by atoms with Gasteiger partial charge < -0.3 is 15.4 Å². The highest BCUT2D eigenvalue weighted by Crippen LogP contribution is 2.34. The van der Waals surface area contributed by atoms with Gasteiger partial charge in [0.1, 0.15) is 5.54 Å². The number of esters is 1. The number of nitrogens with two attached hydrogens (primary N) is 1. The first-order valence-corrected chi connectivity index (χ1v) is 8.29. The number of carbonyl (C=O) groups excluding carboxylic acids is 1. The van der Waals surface area contributed by atoms with Crippen LogP contribution < -0.4 is 5.73 Å². The van der Waals surface area contributed by atoms with Crippen molar-refractivity contribution in [2.75, 3.05) is 19.7 Å². The van der Waals surface area contributed by atoms with E-state index in [1.807, 2.05) is 6.92 Å². The fourth-order valence-corrected chi connectivity index (χ4v) is 3.78. The maximum Gasteiger partial charge on any atom is 0.326 e. The van der Waals surface area contributed by atoms with Gasteiger partial charge in [-0.3, -0.25) is 4.79 Å². The first kappa shape index (κ1) is 15.8. The highest BCUT2D eigenvalue weighted by Gasteiger charge is 2.45. The van der Waals surface area contributed by atoms with Crippen molar-refractivity contribution in [3.05, 3.63) is 0 Å². The zero-order valence-electron chi connectivity index (χ0n) is 13.1. The van der Waals surface area contributed by atoms with Crippen LogP contribution in [-0.2, 0) is 9.53 Å². The Morgan fingerprint density at radius 1 is 1.30 bits per heavy atom. The predicted molar refractivity (Wildman–Crippen MR) is 80.4 cm³/mol. The predicted octanol–water partition coefficient (Wildman–Crippen LogP) is 2.31. The van der Waals surface area contributed by atoms with Gasteiger partial charge in [0.05, 0.1) is 6.61 Å². The van der Waals surface area contributed by atoms with E-state index in [1.165, 1.54) is 38.8 Å². The second kappa shape index (κ2) is 6.90. The molecule has 0 bridgehead atoms. The quantitative estimate of drug-likeness (QED) is 0.804. The molecule has 0 aromatic carbocycles. The van der Waals surface area contributed by atoms with Crippen LogP contribution in [0.3, 0.4) is 0 Å². The molecule has 0 radical (unpaired) electrons. The molecule has 2 N–H and O–H groups in total. The van der Waals surface area contributed by atoms with Crippen molar-refractivity contribution in [1.29, 1.82) is 0 Å². The average Bonchev–Trinajstić information content (AvgIpc) is 2.70. The highest BCUT2D eigenvalue weighted by atomic mass is 16.5. The summed E-state index contributed by atoms with van der Waals surface area (Å²) in [5, 5.41) is 0. The lowest BCUT2D eigenvalue weighted by Gasteiger charge is -2.29. The SMILES string of the molecule is CCOC(=O)C1(N)CCC(N2CCCC(CC)CC2)C1. The average molecular weight is 282 g/mol. The molecule has 116 valence electrons. The van der Waals surface area contributed by atoms with Crippen LogP contribution in [0.4, 0.5) is 0 Å². The fourth-order valence-electron chi connectivity index (χ4n) is 3.78. The van der Waals surface area contributed by atoms with Gasteiger partial charge in [0.25, 0.3) is 0 Å². The maximum absolute atomic E-state index is 12.0. The number of rotatable bonds is 4. The molecule has 2 rings (SSSR count). The van der Waals surface area contributed by atoms with E-state index in [-0.39, 0.29) is 5.97 Å². The Morgan fingerprint density at radius 3 is 2.80 bits per heavy atom. The van der Waals surface area contributed by atoms with E-state index in [2.05, 4.69) is 11.8 Å². The molecule has 1 aliphatic carbocycles. The van der Waals surface area contributed by atoms with Gasteiger partial charge in [-0.1, -0.05) is 13.3 Å². The molecule has 1 saturated carbocycles. The molecule has 0 aromatic heterocycles. The molecule has 3 unspecified atom stereocenters. The largest absolute Gasteiger partial charge is 0.465 e. The molecule has 4 nitrogen and oxygen atoms in total. The summed E-state index contributed by atoms with van der Waals surface area (Å²) in [6.45, 7) is 6.89. The Bertz CT molecular complexity index is 334. The van der Waals surface area contributed by atoms with Crippen molar-refractivity contribution in [3.63, 3.8) is 0 Å². The molecule has 2 fully saturated rings. The van der Waals surface area contributed by atoms with Crippen LogP contribution >= 0.6 is 0 Å². The van der Waals surface area contributed by atoms with Gasteiger partial charge in [0.2, 0.25) is 0 Å². The first-order chi connectivity index (χ1) is 9.59. The molecular weight excluding hydrogens is 252 g/mol.